The van der Waals surface area contributed by atoms with Crippen LogP contribution < -0.4 is 14.2 Å². The number of Topliss-reactive ketones (excluding diaryl/α,β-unsaturated/α-hetero) is 1. The molecule has 0 saturated carbocycles. The lowest BCUT2D eigenvalue weighted by Gasteiger charge is -2.16. The Morgan fingerprint density at radius 3 is 2.71 bits per heavy atom. The van der Waals surface area contributed by atoms with Crippen LogP contribution in [0.3, 0.4) is 0 Å². The fourth-order valence-electron chi connectivity index (χ4n) is 1.96. The molecule has 114 valence electrons. The smallest absolute Gasteiger partial charge is 0.379 e. The van der Waals surface area contributed by atoms with Crippen LogP contribution in [0.2, 0.25) is 5.02 Å². The van der Waals surface area contributed by atoms with Crippen molar-refractivity contribution in [2.24, 2.45) is 0 Å². The number of carbonyl (C=O) groups excluding carboxylic acids is 2. The molecule has 0 spiro atoms. The molecule has 0 bridgehead atoms. The van der Waals surface area contributed by atoms with Crippen molar-refractivity contribution in [1.29, 1.82) is 0 Å². The molecule has 0 radical (unpaired) electrons. The van der Waals surface area contributed by atoms with Crippen LogP contribution >= 0.6 is 11.6 Å². The highest BCUT2D eigenvalue weighted by molar-refractivity contribution is 6.43. The summed E-state index contributed by atoms with van der Waals surface area (Å²) in [4.78, 5) is 24.0. The van der Waals surface area contributed by atoms with Crippen molar-refractivity contribution < 1.29 is 28.5 Å². The maximum Gasteiger partial charge on any atom is 0.379 e. The number of esters is 1. The van der Waals surface area contributed by atoms with E-state index in [9.17, 15) is 9.59 Å². The number of hydrogen-bond donors (Lipinski definition) is 0. The Morgan fingerprint density at radius 2 is 2.05 bits per heavy atom. The van der Waals surface area contributed by atoms with Gasteiger partial charge in [0.1, 0.15) is 5.56 Å². The Bertz CT molecular complexity index is 569. The average molecular weight is 315 g/mol. The molecule has 1 aliphatic heterocycles. The zero-order chi connectivity index (χ0) is 15.4. The topological polar surface area (TPSA) is 71.1 Å². The van der Waals surface area contributed by atoms with E-state index in [0.717, 1.165) is 0 Å². The highest BCUT2D eigenvalue weighted by atomic mass is 35.5. The predicted octanol–water partition coefficient (Wildman–Crippen LogP) is 2.26. The molecule has 0 fully saturated rings. The molecule has 0 atom stereocenters. The lowest BCUT2D eigenvalue weighted by Crippen LogP contribution is -2.19. The third-order valence-corrected chi connectivity index (χ3v) is 3.12. The number of benzene rings is 1. The van der Waals surface area contributed by atoms with Gasteiger partial charge in [0.05, 0.1) is 32.0 Å². The van der Waals surface area contributed by atoms with Crippen molar-refractivity contribution in [3.8, 4) is 17.2 Å². The van der Waals surface area contributed by atoms with E-state index in [4.69, 9.17) is 30.5 Å². The number of ketones is 1. The third kappa shape index (κ3) is 3.05. The van der Waals surface area contributed by atoms with Crippen molar-refractivity contribution in [2.75, 3.05) is 26.9 Å². The van der Waals surface area contributed by atoms with Crippen LogP contribution in [-0.4, -0.2) is 38.7 Å². The average Bonchev–Trinajstić information content (AvgIpc) is 2.70. The summed E-state index contributed by atoms with van der Waals surface area (Å²) < 4.78 is 20.9. The van der Waals surface area contributed by atoms with Gasteiger partial charge in [-0.15, -0.1) is 0 Å². The normalized spacial score (nSPS) is 13.3. The van der Waals surface area contributed by atoms with Crippen molar-refractivity contribution in [2.45, 2.75) is 13.3 Å². The lowest BCUT2D eigenvalue weighted by molar-refractivity contribution is -0.137. The van der Waals surface area contributed by atoms with Crippen LogP contribution in [-0.2, 0) is 9.53 Å². The van der Waals surface area contributed by atoms with Crippen LogP contribution in [0.15, 0.2) is 6.07 Å². The summed E-state index contributed by atoms with van der Waals surface area (Å²) in [6.07, 6.45) is 0.654. The van der Waals surface area contributed by atoms with E-state index >= 15 is 0 Å². The summed E-state index contributed by atoms with van der Waals surface area (Å²) in [6.45, 7) is 2.50. The molecule has 21 heavy (non-hydrogen) atoms. The van der Waals surface area contributed by atoms with Gasteiger partial charge in [0, 0.05) is 12.5 Å². The van der Waals surface area contributed by atoms with Gasteiger partial charge in [-0.05, 0) is 6.92 Å². The highest BCUT2D eigenvalue weighted by Gasteiger charge is 2.31. The quantitative estimate of drug-likeness (QED) is 0.482. The molecule has 0 aromatic heterocycles. The van der Waals surface area contributed by atoms with Crippen LogP contribution in [0.4, 0.5) is 0 Å². The number of halogens is 1. The van der Waals surface area contributed by atoms with Crippen molar-refractivity contribution in [1.82, 2.24) is 0 Å². The molecule has 7 heteroatoms. The first-order valence-electron chi connectivity index (χ1n) is 6.47. The molecular weight excluding hydrogens is 300 g/mol. The van der Waals surface area contributed by atoms with E-state index in [1.54, 1.807) is 6.92 Å². The van der Waals surface area contributed by atoms with E-state index in [0.29, 0.717) is 25.4 Å². The molecule has 2 rings (SSSR count). The van der Waals surface area contributed by atoms with Gasteiger partial charge < -0.3 is 18.9 Å². The van der Waals surface area contributed by atoms with Gasteiger partial charge in [0.25, 0.3) is 5.78 Å². The molecule has 1 aromatic rings. The molecular formula is C14H15ClO6. The number of rotatable bonds is 4. The molecule has 1 aliphatic rings. The van der Waals surface area contributed by atoms with E-state index in [2.05, 4.69) is 0 Å². The number of fused-ring (bicyclic) bond motifs is 1. The predicted molar refractivity (Wildman–Crippen MR) is 74.6 cm³/mol. The summed E-state index contributed by atoms with van der Waals surface area (Å²) in [7, 11) is 1.35. The van der Waals surface area contributed by atoms with Crippen molar-refractivity contribution in [3.05, 3.63) is 16.7 Å². The number of ether oxygens (including phenoxy) is 4. The van der Waals surface area contributed by atoms with Gasteiger partial charge >= 0.3 is 5.97 Å². The number of methoxy groups -OCH3 is 1. The Morgan fingerprint density at radius 1 is 1.33 bits per heavy atom. The second-order valence-electron chi connectivity index (χ2n) is 4.19. The molecule has 0 unspecified atom stereocenters. The molecule has 0 N–H and O–H groups in total. The second kappa shape index (κ2) is 6.67. The first-order valence-corrected chi connectivity index (χ1v) is 6.85. The fraction of sp³-hybridized carbons (Fsp3) is 0.429. The summed E-state index contributed by atoms with van der Waals surface area (Å²) in [5.41, 5.74) is -0.0691. The lowest BCUT2D eigenvalue weighted by atomic mass is 10.1. The van der Waals surface area contributed by atoms with Gasteiger partial charge in [-0.25, -0.2) is 4.79 Å². The highest BCUT2D eigenvalue weighted by Crippen LogP contribution is 2.44. The maximum absolute atomic E-state index is 12.3. The van der Waals surface area contributed by atoms with Gasteiger partial charge in [0.15, 0.2) is 17.2 Å². The molecule has 1 heterocycles. The van der Waals surface area contributed by atoms with Crippen LogP contribution in [0.1, 0.15) is 23.7 Å². The summed E-state index contributed by atoms with van der Waals surface area (Å²) in [5, 5.41) is 0.161. The van der Waals surface area contributed by atoms with E-state index < -0.39 is 11.8 Å². The molecule has 0 amide bonds. The van der Waals surface area contributed by atoms with Gasteiger partial charge in [0.2, 0.25) is 0 Å². The van der Waals surface area contributed by atoms with Gasteiger partial charge in [-0.3, -0.25) is 4.79 Å². The van der Waals surface area contributed by atoms with Crippen LogP contribution in [0, 0.1) is 0 Å². The maximum atomic E-state index is 12.3. The third-order valence-electron chi connectivity index (χ3n) is 2.84. The first-order chi connectivity index (χ1) is 10.1. The zero-order valence-electron chi connectivity index (χ0n) is 11.7. The van der Waals surface area contributed by atoms with Gasteiger partial charge in [-0.2, -0.15) is 0 Å². The Kier molecular flexibility index (Phi) is 4.90. The zero-order valence-corrected chi connectivity index (χ0v) is 12.5. The fourth-order valence-corrected chi connectivity index (χ4v) is 2.23. The van der Waals surface area contributed by atoms with E-state index in [1.165, 1.54) is 13.2 Å². The molecule has 0 aliphatic carbocycles. The minimum absolute atomic E-state index is 0.0685. The Hall–Kier alpha value is -1.95. The summed E-state index contributed by atoms with van der Waals surface area (Å²) in [5.74, 6) is -1.33. The van der Waals surface area contributed by atoms with Gasteiger partial charge in [-0.1, -0.05) is 11.6 Å². The monoisotopic (exact) mass is 314 g/mol. The van der Waals surface area contributed by atoms with E-state index in [1.807, 2.05) is 0 Å². The minimum Gasteiger partial charge on any atom is -0.494 e. The number of hydrogen-bond acceptors (Lipinski definition) is 6. The van der Waals surface area contributed by atoms with Crippen LogP contribution in [0.25, 0.3) is 0 Å². The molecule has 1 aromatic carbocycles. The second-order valence-corrected chi connectivity index (χ2v) is 4.60. The standard InChI is InChI=1S/C14H15ClO6/c1-3-19-14(17)11(16)10-12(18-2)8(15)7-9-13(10)21-6-4-5-20-9/h7H,3-6H2,1-2H3. The first kappa shape index (κ1) is 15.4. The summed E-state index contributed by atoms with van der Waals surface area (Å²) in [6, 6.07) is 1.50. The Labute approximate surface area is 126 Å². The molecule has 6 nitrogen and oxygen atoms in total. The van der Waals surface area contributed by atoms with Crippen molar-refractivity contribution >= 4 is 23.4 Å². The minimum atomic E-state index is -0.992. The SMILES string of the molecule is CCOC(=O)C(=O)c1c(OC)c(Cl)cc2c1OCCCO2. The Balaban J connectivity index is 2.58. The van der Waals surface area contributed by atoms with Crippen molar-refractivity contribution in [3.63, 3.8) is 0 Å². The van der Waals surface area contributed by atoms with E-state index in [-0.39, 0.29) is 28.7 Å². The summed E-state index contributed by atoms with van der Waals surface area (Å²) >= 11 is 6.08. The van der Waals surface area contributed by atoms with Crippen LogP contribution in [0.5, 0.6) is 17.2 Å². The molecule has 0 saturated heterocycles. The number of carbonyl (C=O) groups is 2. The largest absolute Gasteiger partial charge is 0.494 e.